The topological polar surface area (TPSA) is 102 Å². The maximum Gasteiger partial charge on any atom is 0.248 e. The van der Waals surface area contributed by atoms with Crippen molar-refractivity contribution in [2.24, 2.45) is 0 Å². The second-order valence-electron chi connectivity index (χ2n) is 7.05. The largest absolute Gasteiger partial charge is 0.370 e. The normalized spacial score (nSPS) is 18.1. The van der Waals surface area contributed by atoms with E-state index in [2.05, 4.69) is 14.9 Å². The molecule has 0 saturated carbocycles. The van der Waals surface area contributed by atoms with Crippen LogP contribution in [0.5, 0.6) is 0 Å². The van der Waals surface area contributed by atoms with Gasteiger partial charge in [-0.2, -0.15) is 0 Å². The highest BCUT2D eigenvalue weighted by atomic mass is 32.2. The Labute approximate surface area is 163 Å². The first-order chi connectivity index (χ1) is 13.1. The van der Waals surface area contributed by atoms with Crippen molar-refractivity contribution in [2.75, 3.05) is 30.5 Å². The molecule has 0 N–H and O–H groups in total. The van der Waals surface area contributed by atoms with Crippen LogP contribution >= 0.6 is 0 Å². The number of rotatable bonds is 4. The number of sulfone groups is 2. The lowest BCUT2D eigenvalue weighted by Gasteiger charge is -2.19. The van der Waals surface area contributed by atoms with Crippen LogP contribution in [0.1, 0.15) is 6.42 Å². The third-order valence-electron chi connectivity index (χ3n) is 5.00. The molecule has 3 aromatic rings. The van der Waals surface area contributed by atoms with Gasteiger partial charge >= 0.3 is 0 Å². The number of fused-ring (bicyclic) bond motifs is 1. The zero-order valence-electron chi connectivity index (χ0n) is 15.5. The van der Waals surface area contributed by atoms with Crippen LogP contribution in [0.15, 0.2) is 47.9 Å². The minimum absolute atomic E-state index is 0.224. The lowest BCUT2D eigenvalue weighted by molar-refractivity contribution is 0.589. The summed E-state index contributed by atoms with van der Waals surface area (Å²) in [5.74, 6) is 0.456. The molecule has 0 bridgehead atoms. The summed E-state index contributed by atoms with van der Waals surface area (Å²) in [4.78, 5) is 10.1. The van der Waals surface area contributed by atoms with Gasteiger partial charge in [-0.05, 0) is 30.7 Å². The van der Waals surface area contributed by atoms with E-state index in [1.165, 1.54) is 12.5 Å². The molecule has 0 aliphatic carbocycles. The Bertz CT molecular complexity index is 1270. The zero-order chi connectivity index (χ0) is 20.1. The number of aromatic nitrogens is 3. The van der Waals surface area contributed by atoms with Crippen LogP contribution in [0, 0.1) is 0 Å². The molecule has 1 unspecified atom stereocenters. The van der Waals surface area contributed by atoms with E-state index >= 15 is 0 Å². The van der Waals surface area contributed by atoms with Crippen LogP contribution in [-0.2, 0) is 19.7 Å². The maximum atomic E-state index is 11.9. The van der Waals surface area contributed by atoms with Crippen molar-refractivity contribution in [1.82, 2.24) is 14.5 Å². The fraction of sp³-hybridized carbons (Fsp3) is 0.333. The van der Waals surface area contributed by atoms with Gasteiger partial charge in [-0.3, -0.25) is 0 Å². The Morgan fingerprint density at radius 1 is 1.07 bits per heavy atom. The van der Waals surface area contributed by atoms with Gasteiger partial charge in [0.15, 0.2) is 9.84 Å². The predicted octanol–water partition coefficient (Wildman–Crippen LogP) is 1.45. The molecule has 1 aliphatic rings. The highest BCUT2D eigenvalue weighted by molar-refractivity contribution is 7.91. The first-order valence-electron chi connectivity index (χ1n) is 8.72. The molecule has 1 atom stereocenters. The standard InChI is InChI=1S/C18H20N4O4S2/c1-27(23,24)13-7-10-21(12-13)15-4-3-5-16-14(15)8-11-22(16)17-6-9-19-18(20-17)28(2,25)26/h3-6,8-9,11,13H,7,10,12H2,1-2H3. The summed E-state index contributed by atoms with van der Waals surface area (Å²) in [6.45, 7) is 1.14. The van der Waals surface area contributed by atoms with Gasteiger partial charge < -0.3 is 9.47 Å². The molecule has 1 aromatic carbocycles. The number of anilines is 1. The Morgan fingerprint density at radius 3 is 2.54 bits per heavy atom. The van der Waals surface area contributed by atoms with Crippen molar-refractivity contribution >= 4 is 36.3 Å². The molecular weight excluding hydrogens is 400 g/mol. The summed E-state index contributed by atoms with van der Waals surface area (Å²) < 4.78 is 49.1. The summed E-state index contributed by atoms with van der Waals surface area (Å²) >= 11 is 0. The Hall–Kier alpha value is -2.46. The van der Waals surface area contributed by atoms with Crippen LogP contribution in [0.3, 0.4) is 0 Å². The average molecular weight is 421 g/mol. The minimum atomic E-state index is -3.51. The fourth-order valence-corrected chi connectivity index (χ4v) is 5.06. The lowest BCUT2D eigenvalue weighted by atomic mass is 10.2. The van der Waals surface area contributed by atoms with Crippen molar-refractivity contribution in [3.63, 3.8) is 0 Å². The summed E-state index contributed by atoms with van der Waals surface area (Å²) in [5, 5.41) is 0.374. The molecule has 3 heterocycles. The molecule has 1 aliphatic heterocycles. The molecule has 148 valence electrons. The molecular formula is C18H20N4O4S2. The van der Waals surface area contributed by atoms with Crippen LogP contribution in [-0.4, -0.2) is 62.2 Å². The van der Waals surface area contributed by atoms with Gasteiger partial charge in [0.05, 0.1) is 10.8 Å². The molecule has 10 heteroatoms. The number of hydrogen-bond donors (Lipinski definition) is 0. The van der Waals surface area contributed by atoms with Gasteiger partial charge in [0.2, 0.25) is 15.0 Å². The number of hydrogen-bond acceptors (Lipinski definition) is 7. The van der Waals surface area contributed by atoms with E-state index in [0.717, 1.165) is 22.8 Å². The summed E-state index contributed by atoms with van der Waals surface area (Å²) in [7, 11) is -6.59. The fourth-order valence-electron chi connectivity index (χ4n) is 3.57. The van der Waals surface area contributed by atoms with Crippen molar-refractivity contribution < 1.29 is 16.8 Å². The second-order valence-corrected chi connectivity index (χ2v) is 11.3. The molecule has 1 fully saturated rings. The van der Waals surface area contributed by atoms with Crippen LogP contribution in [0.25, 0.3) is 16.7 Å². The van der Waals surface area contributed by atoms with E-state index in [1.54, 1.807) is 10.6 Å². The van der Waals surface area contributed by atoms with E-state index < -0.39 is 19.7 Å². The molecule has 1 saturated heterocycles. The van der Waals surface area contributed by atoms with Crippen molar-refractivity contribution in [2.45, 2.75) is 16.8 Å². The minimum Gasteiger partial charge on any atom is -0.370 e. The highest BCUT2D eigenvalue weighted by Gasteiger charge is 2.31. The first-order valence-corrected chi connectivity index (χ1v) is 12.6. The van der Waals surface area contributed by atoms with Crippen LogP contribution in [0.2, 0.25) is 0 Å². The first kappa shape index (κ1) is 18.9. The van der Waals surface area contributed by atoms with Crippen LogP contribution in [0.4, 0.5) is 5.69 Å². The van der Waals surface area contributed by atoms with Crippen molar-refractivity contribution in [3.05, 3.63) is 42.7 Å². The van der Waals surface area contributed by atoms with E-state index in [-0.39, 0.29) is 10.4 Å². The maximum absolute atomic E-state index is 11.9. The third-order valence-corrected chi connectivity index (χ3v) is 7.45. The Balaban J connectivity index is 1.76. The van der Waals surface area contributed by atoms with Gasteiger partial charge in [-0.25, -0.2) is 26.8 Å². The van der Waals surface area contributed by atoms with Gasteiger partial charge in [0.25, 0.3) is 0 Å². The second kappa shape index (κ2) is 6.56. The molecule has 28 heavy (non-hydrogen) atoms. The van der Waals surface area contributed by atoms with Gasteiger partial charge in [-0.1, -0.05) is 6.07 Å². The average Bonchev–Trinajstić information content (AvgIpc) is 3.28. The molecule has 8 nitrogen and oxygen atoms in total. The predicted molar refractivity (Wildman–Crippen MR) is 107 cm³/mol. The summed E-state index contributed by atoms with van der Waals surface area (Å²) in [5.41, 5.74) is 1.82. The Morgan fingerprint density at radius 2 is 1.86 bits per heavy atom. The van der Waals surface area contributed by atoms with Crippen molar-refractivity contribution in [3.8, 4) is 5.82 Å². The van der Waals surface area contributed by atoms with E-state index in [1.807, 2.05) is 30.5 Å². The zero-order valence-corrected chi connectivity index (χ0v) is 17.1. The smallest absolute Gasteiger partial charge is 0.248 e. The third kappa shape index (κ3) is 3.37. The van der Waals surface area contributed by atoms with E-state index in [9.17, 15) is 16.8 Å². The summed E-state index contributed by atoms with van der Waals surface area (Å²) in [6, 6.07) is 9.38. The molecule has 0 spiro atoms. The van der Waals surface area contributed by atoms with Gasteiger partial charge in [-0.15, -0.1) is 0 Å². The quantitative estimate of drug-likeness (QED) is 0.589. The molecule has 2 aromatic heterocycles. The van der Waals surface area contributed by atoms with Gasteiger partial charge in [0, 0.05) is 49.1 Å². The van der Waals surface area contributed by atoms with Gasteiger partial charge in [0.1, 0.15) is 5.82 Å². The lowest BCUT2D eigenvalue weighted by Crippen LogP contribution is -2.26. The number of benzene rings is 1. The molecule has 0 amide bonds. The Kier molecular flexibility index (Phi) is 4.42. The van der Waals surface area contributed by atoms with Crippen molar-refractivity contribution in [1.29, 1.82) is 0 Å². The van der Waals surface area contributed by atoms with E-state index in [0.29, 0.717) is 25.3 Å². The molecule has 4 rings (SSSR count). The highest BCUT2D eigenvalue weighted by Crippen LogP contribution is 2.32. The number of nitrogens with zero attached hydrogens (tertiary/aromatic N) is 4. The SMILES string of the molecule is CS(=O)(=O)c1nccc(-n2ccc3c(N4CCC(S(C)(=O)=O)C4)cccc32)n1. The van der Waals surface area contributed by atoms with Crippen LogP contribution < -0.4 is 4.90 Å². The van der Waals surface area contributed by atoms with E-state index in [4.69, 9.17) is 0 Å². The monoisotopic (exact) mass is 420 g/mol. The summed E-state index contributed by atoms with van der Waals surface area (Å²) in [6.07, 6.45) is 6.22. The molecule has 0 radical (unpaired) electrons.